The van der Waals surface area contributed by atoms with Crippen LogP contribution >= 0.6 is 0 Å². The van der Waals surface area contributed by atoms with Crippen LogP contribution in [0.3, 0.4) is 0 Å². The van der Waals surface area contributed by atoms with Gasteiger partial charge in [-0.25, -0.2) is 4.39 Å². The highest BCUT2D eigenvalue weighted by Gasteiger charge is 2.34. The van der Waals surface area contributed by atoms with Crippen molar-refractivity contribution in [3.05, 3.63) is 71.0 Å². The van der Waals surface area contributed by atoms with E-state index in [-0.39, 0.29) is 51.1 Å². The first-order valence-corrected chi connectivity index (χ1v) is 12.4. The molecule has 13 heteroatoms. The van der Waals surface area contributed by atoms with Crippen LogP contribution in [0.2, 0.25) is 0 Å². The Morgan fingerprint density at radius 1 is 0.923 bits per heavy atom. The standard InChI is InChI=1S/C26H34F4N6O3/c27-20-8-6-18(14-19(20)26(28,29)30)16-34-25(39)22(9-7-17-4-2-1-3-5-17)35-24(38)21(33)15-23(37)36(12-10-31)13-11-32/h1-6,8,14,21-22H,7,9-13,15-16,31-33H2,(H,34,39)(H,35,38). The Morgan fingerprint density at radius 2 is 1.56 bits per heavy atom. The van der Waals surface area contributed by atoms with Crippen LogP contribution in [0.25, 0.3) is 0 Å². The lowest BCUT2D eigenvalue weighted by molar-refractivity contribution is -0.140. The van der Waals surface area contributed by atoms with E-state index in [9.17, 15) is 31.9 Å². The summed E-state index contributed by atoms with van der Waals surface area (Å²) in [5.74, 6) is -3.28. The molecule has 0 aliphatic carbocycles. The maximum Gasteiger partial charge on any atom is 0.419 e. The summed E-state index contributed by atoms with van der Waals surface area (Å²) in [5, 5.41) is 5.02. The van der Waals surface area contributed by atoms with Crippen molar-refractivity contribution in [3.8, 4) is 0 Å². The Hall–Kier alpha value is -3.55. The molecule has 2 aromatic carbocycles. The predicted molar refractivity (Wildman–Crippen MR) is 137 cm³/mol. The first-order chi connectivity index (χ1) is 18.5. The van der Waals surface area contributed by atoms with Gasteiger partial charge >= 0.3 is 6.18 Å². The fraction of sp³-hybridized carbons (Fsp3) is 0.423. The van der Waals surface area contributed by atoms with Gasteiger partial charge in [-0.15, -0.1) is 0 Å². The maximum absolute atomic E-state index is 13.6. The van der Waals surface area contributed by atoms with Crippen molar-refractivity contribution in [2.24, 2.45) is 17.2 Å². The van der Waals surface area contributed by atoms with Crippen molar-refractivity contribution >= 4 is 17.7 Å². The van der Waals surface area contributed by atoms with E-state index in [1.165, 1.54) is 4.90 Å². The lowest BCUT2D eigenvalue weighted by Gasteiger charge is -2.24. The number of nitrogens with one attached hydrogen (secondary N) is 2. The third kappa shape index (κ3) is 10.3. The minimum absolute atomic E-state index is 0.0207. The molecule has 0 saturated carbocycles. The van der Waals surface area contributed by atoms with E-state index in [4.69, 9.17) is 17.2 Å². The minimum Gasteiger partial charge on any atom is -0.350 e. The van der Waals surface area contributed by atoms with Gasteiger partial charge in [-0.3, -0.25) is 14.4 Å². The normalized spacial score (nSPS) is 12.9. The molecule has 0 aromatic heterocycles. The average molecular weight is 555 g/mol. The second kappa shape index (κ2) is 15.1. The highest BCUT2D eigenvalue weighted by molar-refractivity contribution is 5.92. The Balaban J connectivity index is 2.10. The van der Waals surface area contributed by atoms with E-state index in [1.54, 1.807) is 0 Å². The van der Waals surface area contributed by atoms with Crippen molar-refractivity contribution in [3.63, 3.8) is 0 Å². The Kier molecular flexibility index (Phi) is 12.3. The van der Waals surface area contributed by atoms with Crippen LogP contribution in [0, 0.1) is 5.82 Å². The SMILES string of the molecule is NCCN(CCN)C(=O)CC(N)C(=O)NC(CCc1ccccc1)C(=O)NCc1ccc(F)c(C(F)(F)F)c1. The van der Waals surface area contributed by atoms with Gasteiger partial charge in [0.25, 0.3) is 0 Å². The van der Waals surface area contributed by atoms with Crippen LogP contribution in [0.1, 0.15) is 29.5 Å². The number of nitrogens with two attached hydrogens (primary N) is 3. The molecule has 0 fully saturated rings. The summed E-state index contributed by atoms with van der Waals surface area (Å²) >= 11 is 0. The van der Waals surface area contributed by atoms with Crippen LogP contribution in [0.4, 0.5) is 17.6 Å². The number of benzene rings is 2. The number of hydrogen-bond acceptors (Lipinski definition) is 6. The Morgan fingerprint density at radius 3 is 2.15 bits per heavy atom. The molecular formula is C26H34F4N6O3. The molecule has 0 aliphatic rings. The Labute approximate surface area is 224 Å². The molecule has 0 heterocycles. The number of halogens is 4. The molecule has 0 spiro atoms. The largest absolute Gasteiger partial charge is 0.419 e. The van der Waals surface area contributed by atoms with Crippen molar-refractivity contribution in [2.45, 2.75) is 44.1 Å². The molecule has 2 unspecified atom stereocenters. The number of carbonyl (C=O) groups is 3. The zero-order valence-corrected chi connectivity index (χ0v) is 21.3. The van der Waals surface area contributed by atoms with E-state index in [0.717, 1.165) is 11.6 Å². The second-order valence-electron chi connectivity index (χ2n) is 8.88. The second-order valence-corrected chi connectivity index (χ2v) is 8.88. The molecule has 2 rings (SSSR count). The minimum atomic E-state index is -4.90. The molecule has 2 atom stereocenters. The number of rotatable bonds is 14. The van der Waals surface area contributed by atoms with Gasteiger partial charge in [0.15, 0.2) is 0 Å². The molecule has 39 heavy (non-hydrogen) atoms. The summed E-state index contributed by atoms with van der Waals surface area (Å²) in [7, 11) is 0. The topological polar surface area (TPSA) is 157 Å². The fourth-order valence-corrected chi connectivity index (χ4v) is 3.80. The number of carbonyl (C=O) groups excluding carboxylic acids is 3. The Bertz CT molecular complexity index is 1090. The van der Waals surface area contributed by atoms with Gasteiger partial charge in [0.05, 0.1) is 18.0 Å². The molecular weight excluding hydrogens is 520 g/mol. The molecule has 3 amide bonds. The highest BCUT2D eigenvalue weighted by atomic mass is 19.4. The summed E-state index contributed by atoms with van der Waals surface area (Å²) in [6.45, 7) is 0.552. The number of hydrogen-bond donors (Lipinski definition) is 5. The lowest BCUT2D eigenvalue weighted by atomic mass is 10.0. The predicted octanol–water partition coefficient (Wildman–Crippen LogP) is 1.04. The van der Waals surface area contributed by atoms with Crippen molar-refractivity contribution in [1.82, 2.24) is 15.5 Å². The van der Waals surface area contributed by atoms with Gasteiger partial charge in [0.2, 0.25) is 17.7 Å². The van der Waals surface area contributed by atoms with Crippen molar-refractivity contribution in [1.29, 1.82) is 0 Å². The molecule has 2 aromatic rings. The lowest BCUT2D eigenvalue weighted by Crippen LogP contribution is -2.53. The monoisotopic (exact) mass is 554 g/mol. The van der Waals surface area contributed by atoms with Crippen LogP contribution < -0.4 is 27.8 Å². The molecule has 0 radical (unpaired) electrons. The van der Waals surface area contributed by atoms with Crippen molar-refractivity contribution in [2.75, 3.05) is 26.2 Å². The number of nitrogens with zero attached hydrogens (tertiary/aromatic N) is 1. The van der Waals surface area contributed by atoms with Crippen LogP contribution in [0.15, 0.2) is 48.5 Å². The number of alkyl halides is 3. The van der Waals surface area contributed by atoms with E-state index >= 15 is 0 Å². The van der Waals surface area contributed by atoms with E-state index in [0.29, 0.717) is 18.6 Å². The zero-order chi connectivity index (χ0) is 29.0. The van der Waals surface area contributed by atoms with Gasteiger partial charge in [-0.1, -0.05) is 36.4 Å². The average Bonchev–Trinajstić information content (AvgIpc) is 2.89. The molecule has 0 saturated heterocycles. The summed E-state index contributed by atoms with van der Waals surface area (Å²) in [6.07, 6.45) is -4.70. The number of aryl methyl sites for hydroxylation is 1. The summed E-state index contributed by atoms with van der Waals surface area (Å²) in [5.41, 5.74) is 16.4. The first-order valence-electron chi connectivity index (χ1n) is 12.4. The summed E-state index contributed by atoms with van der Waals surface area (Å²) in [4.78, 5) is 39.7. The van der Waals surface area contributed by atoms with E-state index < -0.39 is 47.4 Å². The van der Waals surface area contributed by atoms with Gasteiger partial charge in [-0.2, -0.15) is 13.2 Å². The quantitative estimate of drug-likeness (QED) is 0.220. The van der Waals surface area contributed by atoms with Crippen LogP contribution in [0.5, 0.6) is 0 Å². The van der Waals surface area contributed by atoms with Crippen LogP contribution in [-0.4, -0.2) is 60.9 Å². The van der Waals surface area contributed by atoms with Gasteiger partial charge in [0.1, 0.15) is 11.9 Å². The molecule has 0 bridgehead atoms. The van der Waals surface area contributed by atoms with Gasteiger partial charge < -0.3 is 32.7 Å². The smallest absolute Gasteiger partial charge is 0.350 e. The third-order valence-electron chi connectivity index (χ3n) is 5.88. The molecule has 9 nitrogen and oxygen atoms in total. The molecule has 0 aliphatic heterocycles. The zero-order valence-electron chi connectivity index (χ0n) is 21.3. The van der Waals surface area contributed by atoms with Crippen molar-refractivity contribution < 1.29 is 31.9 Å². The van der Waals surface area contributed by atoms with Gasteiger partial charge in [0, 0.05) is 32.7 Å². The third-order valence-corrected chi connectivity index (χ3v) is 5.88. The number of amides is 3. The van der Waals surface area contributed by atoms with E-state index in [2.05, 4.69) is 10.6 Å². The highest BCUT2D eigenvalue weighted by Crippen LogP contribution is 2.31. The summed E-state index contributed by atoms with van der Waals surface area (Å²) < 4.78 is 52.7. The maximum atomic E-state index is 13.6. The molecule has 214 valence electrons. The van der Waals surface area contributed by atoms with E-state index in [1.807, 2.05) is 30.3 Å². The fourth-order valence-electron chi connectivity index (χ4n) is 3.80. The van der Waals surface area contributed by atoms with Gasteiger partial charge in [-0.05, 0) is 36.1 Å². The molecule has 8 N–H and O–H groups in total. The van der Waals surface area contributed by atoms with Crippen LogP contribution in [-0.2, 0) is 33.5 Å². The first kappa shape index (κ1) is 31.7. The summed E-state index contributed by atoms with van der Waals surface area (Å²) in [6, 6.07) is 9.15.